The topological polar surface area (TPSA) is 88.2 Å². The van der Waals surface area contributed by atoms with E-state index in [2.05, 4.69) is 6.58 Å². The fourth-order valence-electron chi connectivity index (χ4n) is 2.24. The lowest BCUT2D eigenvalue weighted by Crippen LogP contribution is -2.62. The molecule has 1 unspecified atom stereocenters. The summed E-state index contributed by atoms with van der Waals surface area (Å²) in [4.78, 5) is 38.7. The molecule has 8 nitrogen and oxygen atoms in total. The van der Waals surface area contributed by atoms with Crippen molar-refractivity contribution in [2.45, 2.75) is 38.6 Å². The van der Waals surface area contributed by atoms with Gasteiger partial charge in [0, 0.05) is 13.1 Å². The van der Waals surface area contributed by atoms with Crippen molar-refractivity contribution >= 4 is 18.1 Å². The third-order valence-electron chi connectivity index (χ3n) is 3.36. The molecular formula is C16H24F3N3O5. The van der Waals surface area contributed by atoms with Crippen LogP contribution >= 0.6 is 0 Å². The van der Waals surface area contributed by atoms with Crippen molar-refractivity contribution in [2.75, 3.05) is 32.8 Å². The van der Waals surface area contributed by atoms with Crippen molar-refractivity contribution < 1.29 is 37.0 Å². The predicted molar refractivity (Wildman–Crippen MR) is 88.9 cm³/mol. The highest BCUT2D eigenvalue weighted by atomic mass is 19.4. The first-order chi connectivity index (χ1) is 12.3. The minimum atomic E-state index is -4.61. The summed E-state index contributed by atoms with van der Waals surface area (Å²) in [5, 5.41) is 1.73. The molecule has 0 aromatic heterocycles. The molecule has 0 radical (unpaired) electrons. The van der Waals surface area contributed by atoms with Crippen LogP contribution in [-0.2, 0) is 14.3 Å². The van der Waals surface area contributed by atoms with Gasteiger partial charge in [0.2, 0.25) is 5.91 Å². The highest BCUT2D eigenvalue weighted by Gasteiger charge is 2.40. The summed E-state index contributed by atoms with van der Waals surface area (Å²) in [6.45, 7) is 6.30. The largest absolute Gasteiger partial charge is 0.445 e. The molecule has 1 fully saturated rings. The molecule has 1 N–H and O–H groups in total. The molecular weight excluding hydrogens is 371 g/mol. The van der Waals surface area contributed by atoms with Gasteiger partial charge in [-0.3, -0.25) is 9.69 Å². The number of hydrogen-bond donors (Lipinski definition) is 1. The molecule has 0 saturated carbocycles. The molecule has 11 heteroatoms. The standard InChI is InChI=1S/C16H24F3N3O5/c1-5-8-26-14(25)22-7-6-21(13(24)27-15(2,3)4)9-11(22)12(23)20-10-16(17,18)19/h5,11H,1,6-10H2,2-4H3,(H,20,23). The monoisotopic (exact) mass is 395 g/mol. The number of hydrogen-bond acceptors (Lipinski definition) is 5. The summed E-state index contributed by atoms with van der Waals surface area (Å²) in [6, 6.07) is -1.34. The molecule has 3 amide bonds. The first-order valence-corrected chi connectivity index (χ1v) is 8.20. The summed E-state index contributed by atoms with van der Waals surface area (Å²) in [7, 11) is 0. The van der Waals surface area contributed by atoms with Gasteiger partial charge in [0.05, 0.1) is 6.54 Å². The molecule has 1 rings (SSSR count). The van der Waals surface area contributed by atoms with Gasteiger partial charge in [0.1, 0.15) is 24.8 Å². The molecule has 0 aromatic rings. The second-order valence-electron chi connectivity index (χ2n) is 6.83. The number of halogens is 3. The number of alkyl halides is 3. The first kappa shape index (κ1) is 22.6. The molecule has 0 aliphatic carbocycles. The molecule has 0 aromatic carbocycles. The zero-order chi connectivity index (χ0) is 20.8. The quantitative estimate of drug-likeness (QED) is 0.735. The van der Waals surface area contributed by atoms with Gasteiger partial charge in [-0.1, -0.05) is 12.7 Å². The Labute approximate surface area is 155 Å². The number of nitrogens with zero attached hydrogens (tertiary/aromatic N) is 2. The van der Waals surface area contributed by atoms with Gasteiger partial charge in [-0.05, 0) is 20.8 Å². The Kier molecular flexibility index (Phi) is 7.49. The van der Waals surface area contributed by atoms with E-state index >= 15 is 0 Å². The number of piperazine rings is 1. The van der Waals surface area contributed by atoms with E-state index in [0.717, 1.165) is 4.90 Å². The number of carbonyl (C=O) groups excluding carboxylic acids is 3. The molecule has 27 heavy (non-hydrogen) atoms. The van der Waals surface area contributed by atoms with Crippen molar-refractivity contribution in [1.82, 2.24) is 15.1 Å². The highest BCUT2D eigenvalue weighted by molar-refractivity contribution is 5.87. The van der Waals surface area contributed by atoms with Gasteiger partial charge in [0.15, 0.2) is 0 Å². The third kappa shape index (κ3) is 7.75. The summed E-state index contributed by atoms with van der Waals surface area (Å²) in [5.41, 5.74) is -0.787. The molecule has 1 heterocycles. The van der Waals surface area contributed by atoms with Crippen LogP contribution in [0, 0.1) is 0 Å². The first-order valence-electron chi connectivity index (χ1n) is 8.20. The van der Waals surface area contributed by atoms with Gasteiger partial charge in [-0.2, -0.15) is 13.2 Å². The van der Waals surface area contributed by atoms with Crippen molar-refractivity contribution in [3.63, 3.8) is 0 Å². The van der Waals surface area contributed by atoms with Crippen LogP contribution in [0.2, 0.25) is 0 Å². The van der Waals surface area contributed by atoms with Crippen LogP contribution < -0.4 is 5.32 Å². The Morgan fingerprint density at radius 2 is 1.81 bits per heavy atom. The van der Waals surface area contributed by atoms with Gasteiger partial charge in [-0.15, -0.1) is 0 Å². The highest BCUT2D eigenvalue weighted by Crippen LogP contribution is 2.17. The Morgan fingerprint density at radius 1 is 1.19 bits per heavy atom. The van der Waals surface area contributed by atoms with E-state index in [9.17, 15) is 27.6 Å². The van der Waals surface area contributed by atoms with Crippen molar-refractivity contribution in [3.05, 3.63) is 12.7 Å². The molecule has 0 bridgehead atoms. The Hall–Kier alpha value is -2.46. The molecule has 0 spiro atoms. The van der Waals surface area contributed by atoms with Gasteiger partial charge >= 0.3 is 18.4 Å². The van der Waals surface area contributed by atoms with Gasteiger partial charge in [-0.25, -0.2) is 9.59 Å². The average Bonchev–Trinajstić information content (AvgIpc) is 2.54. The number of rotatable bonds is 4. The van der Waals surface area contributed by atoms with E-state index in [1.807, 2.05) is 0 Å². The molecule has 1 aliphatic rings. The van der Waals surface area contributed by atoms with Gasteiger partial charge in [0.25, 0.3) is 0 Å². The second kappa shape index (κ2) is 8.96. The van der Waals surface area contributed by atoms with E-state index < -0.39 is 42.5 Å². The molecule has 1 atom stereocenters. The summed E-state index contributed by atoms with van der Waals surface area (Å²) in [6.07, 6.45) is -4.90. The van der Waals surface area contributed by atoms with Crippen LogP contribution in [-0.4, -0.2) is 78.5 Å². The minimum Gasteiger partial charge on any atom is -0.445 e. The zero-order valence-corrected chi connectivity index (χ0v) is 15.5. The van der Waals surface area contributed by atoms with Crippen molar-refractivity contribution in [2.24, 2.45) is 0 Å². The van der Waals surface area contributed by atoms with E-state index in [4.69, 9.17) is 9.47 Å². The average molecular weight is 395 g/mol. The smallest absolute Gasteiger partial charge is 0.410 e. The van der Waals surface area contributed by atoms with E-state index in [1.165, 1.54) is 11.0 Å². The third-order valence-corrected chi connectivity index (χ3v) is 3.36. The number of amides is 3. The molecule has 154 valence electrons. The maximum Gasteiger partial charge on any atom is 0.410 e. The number of nitrogens with one attached hydrogen (secondary N) is 1. The van der Waals surface area contributed by atoms with Crippen LogP contribution in [0.4, 0.5) is 22.8 Å². The van der Waals surface area contributed by atoms with Crippen LogP contribution in [0.25, 0.3) is 0 Å². The number of ether oxygens (including phenoxy) is 2. The zero-order valence-electron chi connectivity index (χ0n) is 15.5. The predicted octanol–water partition coefficient (Wildman–Crippen LogP) is 1.91. The maximum absolute atomic E-state index is 12.4. The Balaban J connectivity index is 2.90. The number of carbonyl (C=O) groups is 3. The molecule has 1 saturated heterocycles. The fourth-order valence-corrected chi connectivity index (χ4v) is 2.24. The SMILES string of the molecule is C=CCOC(=O)N1CCN(C(=O)OC(C)(C)C)CC1C(=O)NCC(F)(F)F. The maximum atomic E-state index is 12.4. The van der Waals surface area contributed by atoms with E-state index in [0.29, 0.717) is 0 Å². The Morgan fingerprint density at radius 3 is 2.33 bits per heavy atom. The summed E-state index contributed by atoms with van der Waals surface area (Å²) >= 11 is 0. The van der Waals surface area contributed by atoms with E-state index in [1.54, 1.807) is 26.1 Å². The van der Waals surface area contributed by atoms with Crippen molar-refractivity contribution in [1.29, 1.82) is 0 Å². The summed E-state index contributed by atoms with van der Waals surface area (Å²) in [5.74, 6) is -1.05. The van der Waals surface area contributed by atoms with Crippen molar-refractivity contribution in [3.8, 4) is 0 Å². The minimum absolute atomic E-state index is 0.0428. The Bertz CT molecular complexity index is 575. The lowest BCUT2D eigenvalue weighted by Gasteiger charge is -2.40. The molecule has 1 aliphatic heterocycles. The van der Waals surface area contributed by atoms with E-state index in [-0.39, 0.29) is 26.2 Å². The fraction of sp³-hybridized carbons (Fsp3) is 0.688. The van der Waals surface area contributed by atoms with Crippen LogP contribution in [0.1, 0.15) is 20.8 Å². The lowest BCUT2D eigenvalue weighted by atomic mass is 10.1. The van der Waals surface area contributed by atoms with Crippen LogP contribution in [0.5, 0.6) is 0 Å². The lowest BCUT2D eigenvalue weighted by molar-refractivity contribution is -0.142. The van der Waals surface area contributed by atoms with Crippen LogP contribution in [0.15, 0.2) is 12.7 Å². The normalized spacial score (nSPS) is 17.9. The van der Waals surface area contributed by atoms with Gasteiger partial charge < -0.3 is 19.7 Å². The second-order valence-corrected chi connectivity index (χ2v) is 6.83. The summed E-state index contributed by atoms with van der Waals surface area (Å²) < 4.78 is 47.2. The van der Waals surface area contributed by atoms with Crippen LogP contribution in [0.3, 0.4) is 0 Å².